The summed E-state index contributed by atoms with van der Waals surface area (Å²) in [6, 6.07) is 8.17. The van der Waals surface area contributed by atoms with Gasteiger partial charge in [-0.3, -0.25) is 0 Å². The molecule has 108 valence electrons. The monoisotopic (exact) mass is 273 g/mol. The third-order valence-electron chi connectivity index (χ3n) is 3.15. The fourth-order valence-corrected chi connectivity index (χ4v) is 2.26. The van der Waals surface area contributed by atoms with E-state index < -0.39 is 0 Å². The number of anilines is 1. The second-order valence-corrected chi connectivity index (χ2v) is 4.78. The van der Waals surface area contributed by atoms with Crippen LogP contribution >= 0.6 is 0 Å². The molecular weight excluding hydrogens is 250 g/mol. The van der Waals surface area contributed by atoms with Gasteiger partial charge in [-0.05, 0) is 46.0 Å². The molecule has 20 heavy (non-hydrogen) atoms. The van der Waals surface area contributed by atoms with E-state index in [9.17, 15) is 0 Å². The summed E-state index contributed by atoms with van der Waals surface area (Å²) in [4.78, 5) is 4.62. The minimum Gasteiger partial charge on any atom is -0.492 e. The first-order valence-corrected chi connectivity index (χ1v) is 7.18. The van der Waals surface area contributed by atoms with Crippen LogP contribution in [0.5, 0.6) is 5.75 Å². The standard InChI is InChI=1S/C16H23N3O/c1-4-20-15-8-5-7-13-14(18-10-6-9-17-3)11-12(2)19-16(13)15/h5,7-8,11,17H,4,6,9-10H2,1-3H3,(H,18,19). The second-order valence-electron chi connectivity index (χ2n) is 4.78. The van der Waals surface area contributed by atoms with E-state index in [1.807, 2.05) is 33.0 Å². The average molecular weight is 273 g/mol. The largest absolute Gasteiger partial charge is 0.492 e. The summed E-state index contributed by atoms with van der Waals surface area (Å²) in [5.41, 5.74) is 3.07. The zero-order valence-electron chi connectivity index (χ0n) is 12.5. The van der Waals surface area contributed by atoms with Crippen LogP contribution in [-0.2, 0) is 0 Å². The minimum atomic E-state index is 0.652. The van der Waals surface area contributed by atoms with Crippen molar-refractivity contribution in [3.63, 3.8) is 0 Å². The summed E-state index contributed by atoms with van der Waals surface area (Å²) in [5, 5.41) is 7.77. The highest BCUT2D eigenvalue weighted by Gasteiger charge is 2.08. The summed E-state index contributed by atoms with van der Waals surface area (Å²) in [6.45, 7) is 6.61. The van der Waals surface area contributed by atoms with Crippen molar-refractivity contribution >= 4 is 16.6 Å². The third-order valence-corrected chi connectivity index (χ3v) is 3.15. The predicted octanol–water partition coefficient (Wildman–Crippen LogP) is 2.96. The molecule has 1 aromatic heterocycles. The lowest BCUT2D eigenvalue weighted by atomic mass is 10.1. The van der Waals surface area contributed by atoms with Crippen molar-refractivity contribution in [2.75, 3.05) is 32.1 Å². The number of para-hydroxylation sites is 1. The van der Waals surface area contributed by atoms with Gasteiger partial charge in [-0.15, -0.1) is 0 Å². The van der Waals surface area contributed by atoms with E-state index >= 15 is 0 Å². The number of hydrogen-bond acceptors (Lipinski definition) is 4. The van der Waals surface area contributed by atoms with Crippen molar-refractivity contribution < 1.29 is 4.74 Å². The van der Waals surface area contributed by atoms with Gasteiger partial charge in [0.2, 0.25) is 0 Å². The van der Waals surface area contributed by atoms with Gasteiger partial charge in [0.05, 0.1) is 6.61 Å². The van der Waals surface area contributed by atoms with E-state index in [1.165, 1.54) is 0 Å². The Balaban J connectivity index is 2.31. The molecule has 4 heteroatoms. The molecular formula is C16H23N3O. The first kappa shape index (κ1) is 14.6. The first-order valence-electron chi connectivity index (χ1n) is 7.18. The molecule has 0 aliphatic rings. The van der Waals surface area contributed by atoms with Crippen LogP contribution in [0.4, 0.5) is 5.69 Å². The number of fused-ring (bicyclic) bond motifs is 1. The maximum absolute atomic E-state index is 5.67. The Labute approximate surface area is 120 Å². The third kappa shape index (κ3) is 3.39. The highest BCUT2D eigenvalue weighted by Crippen LogP contribution is 2.30. The first-order chi connectivity index (χ1) is 9.76. The van der Waals surface area contributed by atoms with E-state index in [0.717, 1.165) is 47.5 Å². The number of benzene rings is 1. The van der Waals surface area contributed by atoms with E-state index in [0.29, 0.717) is 6.61 Å². The summed E-state index contributed by atoms with van der Waals surface area (Å²) in [5.74, 6) is 0.854. The molecule has 0 aliphatic carbocycles. The summed E-state index contributed by atoms with van der Waals surface area (Å²) >= 11 is 0. The van der Waals surface area contributed by atoms with Gasteiger partial charge in [0.15, 0.2) is 0 Å². The van der Waals surface area contributed by atoms with Crippen LogP contribution in [-0.4, -0.2) is 31.7 Å². The molecule has 1 heterocycles. The van der Waals surface area contributed by atoms with Gasteiger partial charge >= 0.3 is 0 Å². The normalized spacial score (nSPS) is 10.8. The van der Waals surface area contributed by atoms with Crippen LogP contribution in [0.25, 0.3) is 10.9 Å². The molecule has 1 aromatic carbocycles. The Morgan fingerprint density at radius 2 is 2.10 bits per heavy atom. The summed E-state index contributed by atoms with van der Waals surface area (Å²) in [7, 11) is 1.97. The van der Waals surface area contributed by atoms with Crippen molar-refractivity contribution in [1.82, 2.24) is 10.3 Å². The van der Waals surface area contributed by atoms with E-state index in [-0.39, 0.29) is 0 Å². The molecule has 0 radical (unpaired) electrons. The molecule has 0 saturated carbocycles. The van der Waals surface area contributed by atoms with Crippen LogP contribution in [0.15, 0.2) is 24.3 Å². The zero-order valence-corrected chi connectivity index (χ0v) is 12.5. The van der Waals surface area contributed by atoms with Gasteiger partial charge in [-0.2, -0.15) is 0 Å². The number of hydrogen-bond donors (Lipinski definition) is 2. The van der Waals surface area contributed by atoms with Crippen molar-refractivity contribution in [3.05, 3.63) is 30.0 Å². The predicted molar refractivity (Wildman–Crippen MR) is 84.7 cm³/mol. The van der Waals surface area contributed by atoms with Gasteiger partial charge in [0, 0.05) is 23.3 Å². The number of rotatable bonds is 7. The maximum atomic E-state index is 5.67. The van der Waals surface area contributed by atoms with Gasteiger partial charge in [-0.25, -0.2) is 4.98 Å². The summed E-state index contributed by atoms with van der Waals surface area (Å²) in [6.07, 6.45) is 1.09. The molecule has 0 fully saturated rings. The lowest BCUT2D eigenvalue weighted by Crippen LogP contribution is -2.13. The van der Waals surface area contributed by atoms with Crippen molar-refractivity contribution in [2.24, 2.45) is 0 Å². The average Bonchev–Trinajstić information content (AvgIpc) is 2.44. The van der Waals surface area contributed by atoms with Gasteiger partial charge < -0.3 is 15.4 Å². The number of ether oxygens (including phenoxy) is 1. The van der Waals surface area contributed by atoms with Crippen molar-refractivity contribution in [2.45, 2.75) is 20.3 Å². The molecule has 0 spiro atoms. The van der Waals surface area contributed by atoms with E-state index in [4.69, 9.17) is 4.74 Å². The Morgan fingerprint density at radius 3 is 2.85 bits per heavy atom. The molecule has 2 aromatic rings. The molecule has 0 aliphatic heterocycles. The maximum Gasteiger partial charge on any atom is 0.145 e. The van der Waals surface area contributed by atoms with Crippen molar-refractivity contribution in [1.29, 1.82) is 0 Å². The fraction of sp³-hybridized carbons (Fsp3) is 0.438. The number of aromatic nitrogens is 1. The van der Waals surface area contributed by atoms with Gasteiger partial charge in [0.25, 0.3) is 0 Å². The zero-order chi connectivity index (χ0) is 14.4. The molecule has 0 atom stereocenters. The minimum absolute atomic E-state index is 0.652. The smallest absolute Gasteiger partial charge is 0.145 e. The van der Waals surface area contributed by atoms with Crippen LogP contribution in [0.2, 0.25) is 0 Å². The number of pyridine rings is 1. The Morgan fingerprint density at radius 1 is 1.25 bits per heavy atom. The van der Waals surface area contributed by atoms with E-state index in [2.05, 4.69) is 27.8 Å². The summed E-state index contributed by atoms with van der Waals surface area (Å²) < 4.78 is 5.67. The quantitative estimate of drug-likeness (QED) is 0.761. The molecule has 0 unspecified atom stereocenters. The van der Waals surface area contributed by atoms with Crippen LogP contribution < -0.4 is 15.4 Å². The highest BCUT2D eigenvalue weighted by atomic mass is 16.5. The van der Waals surface area contributed by atoms with Crippen LogP contribution in [0.1, 0.15) is 19.0 Å². The van der Waals surface area contributed by atoms with Gasteiger partial charge in [0.1, 0.15) is 11.3 Å². The fourth-order valence-electron chi connectivity index (χ4n) is 2.26. The topological polar surface area (TPSA) is 46.2 Å². The Kier molecular flexibility index (Phi) is 5.18. The molecule has 0 saturated heterocycles. The molecule has 2 rings (SSSR count). The molecule has 4 nitrogen and oxygen atoms in total. The second kappa shape index (κ2) is 7.10. The number of nitrogens with zero attached hydrogens (tertiary/aromatic N) is 1. The van der Waals surface area contributed by atoms with E-state index in [1.54, 1.807) is 0 Å². The van der Waals surface area contributed by atoms with Crippen LogP contribution in [0, 0.1) is 6.92 Å². The lowest BCUT2D eigenvalue weighted by molar-refractivity contribution is 0.343. The number of nitrogens with one attached hydrogen (secondary N) is 2. The molecule has 0 bridgehead atoms. The van der Waals surface area contributed by atoms with Crippen LogP contribution in [0.3, 0.4) is 0 Å². The van der Waals surface area contributed by atoms with Gasteiger partial charge in [-0.1, -0.05) is 12.1 Å². The SMILES string of the molecule is CCOc1cccc2c(NCCCNC)cc(C)nc12. The molecule has 2 N–H and O–H groups in total. The number of aryl methyl sites for hydroxylation is 1. The Bertz CT molecular complexity index is 569. The highest BCUT2D eigenvalue weighted by molar-refractivity contribution is 5.95. The Hall–Kier alpha value is -1.81. The van der Waals surface area contributed by atoms with Crippen molar-refractivity contribution in [3.8, 4) is 5.75 Å². The lowest BCUT2D eigenvalue weighted by Gasteiger charge is -2.13. The molecule has 0 amide bonds.